The van der Waals surface area contributed by atoms with Gasteiger partial charge in [-0.3, -0.25) is 0 Å². The van der Waals surface area contributed by atoms with Crippen LogP contribution in [0.5, 0.6) is 0 Å². The number of ether oxygens (including phenoxy) is 2. The predicted molar refractivity (Wildman–Crippen MR) is 99.6 cm³/mol. The van der Waals surface area contributed by atoms with Crippen molar-refractivity contribution in [2.75, 3.05) is 6.61 Å². The second-order valence-corrected chi connectivity index (χ2v) is 7.73. The van der Waals surface area contributed by atoms with Crippen LogP contribution in [-0.4, -0.2) is 28.0 Å². The number of aromatic nitrogens is 2. The molecule has 1 aromatic heterocycles. The Labute approximate surface area is 151 Å². The van der Waals surface area contributed by atoms with E-state index in [1.165, 1.54) is 22.3 Å². The molecule has 1 fully saturated rings. The van der Waals surface area contributed by atoms with E-state index in [2.05, 4.69) is 56.3 Å². The standard InChI is InChI=1S/C21H30N2O2/c1-15(2)20-12-24-21(25-20,13-23-9-8-22-14-23)7-6-19-17(4)10-16(3)11-18(19)5/h8-11,14-15,20H,6-7,12-13H2,1-5H3. The Balaban J connectivity index is 1.79. The third kappa shape index (κ3) is 4.13. The van der Waals surface area contributed by atoms with E-state index in [-0.39, 0.29) is 6.10 Å². The maximum Gasteiger partial charge on any atom is 0.187 e. The Morgan fingerprint density at radius 1 is 1.24 bits per heavy atom. The van der Waals surface area contributed by atoms with E-state index in [0.717, 1.165) is 12.8 Å². The third-order valence-electron chi connectivity index (χ3n) is 5.20. The first-order valence-corrected chi connectivity index (χ1v) is 9.23. The minimum absolute atomic E-state index is 0.156. The van der Waals surface area contributed by atoms with E-state index in [1.54, 1.807) is 6.20 Å². The summed E-state index contributed by atoms with van der Waals surface area (Å²) in [6.07, 6.45) is 7.57. The number of hydrogen-bond donors (Lipinski definition) is 0. The van der Waals surface area contributed by atoms with Crippen LogP contribution < -0.4 is 0 Å². The van der Waals surface area contributed by atoms with Gasteiger partial charge in [-0.25, -0.2) is 4.98 Å². The van der Waals surface area contributed by atoms with Crippen LogP contribution in [0.25, 0.3) is 0 Å². The topological polar surface area (TPSA) is 36.3 Å². The van der Waals surface area contributed by atoms with Crippen molar-refractivity contribution >= 4 is 0 Å². The molecule has 0 saturated carbocycles. The molecule has 2 heterocycles. The van der Waals surface area contributed by atoms with Gasteiger partial charge in [0.2, 0.25) is 0 Å². The van der Waals surface area contributed by atoms with Crippen molar-refractivity contribution in [2.45, 2.75) is 65.9 Å². The number of imidazole rings is 1. The van der Waals surface area contributed by atoms with Gasteiger partial charge in [0.05, 0.1) is 25.6 Å². The van der Waals surface area contributed by atoms with Crippen LogP contribution in [0.4, 0.5) is 0 Å². The highest BCUT2D eigenvalue weighted by Crippen LogP contribution is 2.34. The van der Waals surface area contributed by atoms with E-state index in [4.69, 9.17) is 9.47 Å². The molecular formula is C21H30N2O2. The number of nitrogens with zero attached hydrogens (tertiary/aromatic N) is 2. The van der Waals surface area contributed by atoms with E-state index in [1.807, 2.05) is 12.5 Å². The Kier molecular flexibility index (Phi) is 5.30. The van der Waals surface area contributed by atoms with Crippen molar-refractivity contribution in [3.8, 4) is 0 Å². The van der Waals surface area contributed by atoms with Crippen molar-refractivity contribution in [3.63, 3.8) is 0 Å². The van der Waals surface area contributed by atoms with Crippen molar-refractivity contribution in [2.24, 2.45) is 5.92 Å². The predicted octanol–water partition coefficient (Wildman–Crippen LogP) is 4.21. The van der Waals surface area contributed by atoms with Gasteiger partial charge in [-0.1, -0.05) is 31.5 Å². The molecule has 2 aromatic rings. The molecule has 1 aliphatic rings. The highest BCUT2D eigenvalue weighted by molar-refractivity contribution is 5.37. The van der Waals surface area contributed by atoms with Crippen LogP contribution in [0.3, 0.4) is 0 Å². The fourth-order valence-corrected chi connectivity index (χ4v) is 3.78. The molecule has 2 unspecified atom stereocenters. The molecule has 0 bridgehead atoms. The normalized spacial score (nSPS) is 23.5. The van der Waals surface area contributed by atoms with Crippen molar-refractivity contribution in [1.82, 2.24) is 9.55 Å². The van der Waals surface area contributed by atoms with Crippen molar-refractivity contribution in [1.29, 1.82) is 0 Å². The quantitative estimate of drug-likeness (QED) is 0.789. The molecule has 1 aliphatic heterocycles. The summed E-state index contributed by atoms with van der Waals surface area (Å²) in [6.45, 7) is 12.3. The van der Waals surface area contributed by atoms with Gasteiger partial charge >= 0.3 is 0 Å². The van der Waals surface area contributed by atoms with E-state index < -0.39 is 5.79 Å². The largest absolute Gasteiger partial charge is 0.345 e. The first-order valence-electron chi connectivity index (χ1n) is 9.23. The molecule has 4 heteroatoms. The fraction of sp³-hybridized carbons (Fsp3) is 0.571. The summed E-state index contributed by atoms with van der Waals surface area (Å²) in [5.74, 6) is -0.119. The average Bonchev–Trinajstić information content (AvgIpc) is 3.17. The van der Waals surface area contributed by atoms with Gasteiger partial charge < -0.3 is 14.0 Å². The molecule has 0 amide bonds. The zero-order valence-corrected chi connectivity index (χ0v) is 16.1. The first-order chi connectivity index (χ1) is 11.9. The lowest BCUT2D eigenvalue weighted by Gasteiger charge is -2.30. The molecule has 4 nitrogen and oxygen atoms in total. The summed E-state index contributed by atoms with van der Waals surface area (Å²) in [7, 11) is 0. The minimum Gasteiger partial charge on any atom is -0.345 e. The van der Waals surface area contributed by atoms with Gasteiger partial charge in [0.1, 0.15) is 0 Å². The molecular weight excluding hydrogens is 312 g/mol. The molecule has 2 atom stereocenters. The maximum atomic E-state index is 6.44. The van der Waals surface area contributed by atoms with Gasteiger partial charge in [-0.05, 0) is 49.8 Å². The van der Waals surface area contributed by atoms with Crippen LogP contribution >= 0.6 is 0 Å². The Morgan fingerprint density at radius 2 is 1.96 bits per heavy atom. The summed E-state index contributed by atoms with van der Waals surface area (Å²) < 4.78 is 14.7. The SMILES string of the molecule is Cc1cc(C)c(CCC2(Cn3ccnc3)OCC(C(C)C)O2)c(C)c1. The molecule has 1 saturated heterocycles. The number of benzene rings is 1. The highest BCUT2D eigenvalue weighted by Gasteiger charge is 2.42. The van der Waals surface area contributed by atoms with Crippen LogP contribution in [0.15, 0.2) is 30.9 Å². The van der Waals surface area contributed by atoms with Crippen LogP contribution in [0.1, 0.15) is 42.5 Å². The molecule has 0 aliphatic carbocycles. The molecule has 0 N–H and O–H groups in total. The lowest BCUT2D eigenvalue weighted by atomic mass is 9.94. The fourth-order valence-electron chi connectivity index (χ4n) is 3.78. The third-order valence-corrected chi connectivity index (χ3v) is 5.20. The number of hydrogen-bond acceptors (Lipinski definition) is 3. The second kappa shape index (κ2) is 7.30. The summed E-state index contributed by atoms with van der Waals surface area (Å²) >= 11 is 0. The maximum absolute atomic E-state index is 6.44. The molecule has 3 rings (SSSR count). The second-order valence-electron chi connectivity index (χ2n) is 7.73. The zero-order valence-electron chi connectivity index (χ0n) is 16.1. The van der Waals surface area contributed by atoms with Crippen molar-refractivity contribution in [3.05, 3.63) is 53.1 Å². The molecule has 1 aromatic carbocycles. The monoisotopic (exact) mass is 342 g/mol. The highest BCUT2D eigenvalue weighted by atomic mass is 16.7. The summed E-state index contributed by atoms with van der Waals surface area (Å²) in [4.78, 5) is 4.16. The number of aryl methyl sites for hydroxylation is 3. The minimum atomic E-state index is -0.570. The van der Waals surface area contributed by atoms with Crippen LogP contribution in [0, 0.1) is 26.7 Å². The van der Waals surface area contributed by atoms with E-state index in [0.29, 0.717) is 19.1 Å². The Morgan fingerprint density at radius 3 is 2.52 bits per heavy atom. The van der Waals surface area contributed by atoms with E-state index in [9.17, 15) is 0 Å². The lowest BCUT2D eigenvalue weighted by Crippen LogP contribution is -2.37. The summed E-state index contributed by atoms with van der Waals surface area (Å²) in [5, 5.41) is 0. The Bertz CT molecular complexity index is 686. The van der Waals surface area contributed by atoms with Gasteiger partial charge in [0.15, 0.2) is 5.79 Å². The smallest absolute Gasteiger partial charge is 0.187 e. The molecule has 0 radical (unpaired) electrons. The summed E-state index contributed by atoms with van der Waals surface area (Å²) in [5.41, 5.74) is 5.44. The van der Waals surface area contributed by atoms with Crippen LogP contribution in [-0.2, 0) is 22.4 Å². The van der Waals surface area contributed by atoms with Gasteiger partial charge in [-0.2, -0.15) is 0 Å². The van der Waals surface area contributed by atoms with Gasteiger partial charge in [0.25, 0.3) is 0 Å². The molecule has 136 valence electrons. The van der Waals surface area contributed by atoms with Crippen LogP contribution in [0.2, 0.25) is 0 Å². The average molecular weight is 342 g/mol. The zero-order chi connectivity index (χ0) is 18.0. The van der Waals surface area contributed by atoms with Crippen molar-refractivity contribution < 1.29 is 9.47 Å². The first kappa shape index (κ1) is 18.2. The Hall–Kier alpha value is -1.65. The lowest BCUT2D eigenvalue weighted by molar-refractivity contribution is -0.185. The molecule has 0 spiro atoms. The number of rotatable bonds is 6. The molecule has 25 heavy (non-hydrogen) atoms. The van der Waals surface area contributed by atoms with Gasteiger partial charge in [0, 0.05) is 18.8 Å². The van der Waals surface area contributed by atoms with Gasteiger partial charge in [-0.15, -0.1) is 0 Å². The summed E-state index contributed by atoms with van der Waals surface area (Å²) in [6, 6.07) is 4.52. The van der Waals surface area contributed by atoms with E-state index >= 15 is 0 Å².